The zero-order valence-corrected chi connectivity index (χ0v) is 15.6. The molecule has 0 saturated heterocycles. The summed E-state index contributed by atoms with van der Waals surface area (Å²) in [6.45, 7) is 2.65. The van der Waals surface area contributed by atoms with Crippen molar-refractivity contribution in [3.63, 3.8) is 0 Å². The van der Waals surface area contributed by atoms with Gasteiger partial charge in [0, 0.05) is 18.2 Å². The van der Waals surface area contributed by atoms with E-state index in [1.54, 1.807) is 33.5 Å². The maximum Gasteiger partial charge on any atom is 0.244 e. The molecule has 2 rings (SSSR count). The maximum atomic E-state index is 12.1. The normalized spacial score (nSPS) is 11.8. The van der Waals surface area contributed by atoms with Gasteiger partial charge in [0.2, 0.25) is 11.7 Å². The molecular weight excluding hydrogens is 330 g/mol. The Kier molecular flexibility index (Phi) is 7.09. The molecule has 0 aliphatic rings. The number of rotatable bonds is 8. The number of ether oxygens (including phenoxy) is 3. The van der Waals surface area contributed by atoms with Gasteiger partial charge in [-0.2, -0.15) is 0 Å². The van der Waals surface area contributed by atoms with E-state index in [4.69, 9.17) is 14.2 Å². The lowest BCUT2D eigenvalue weighted by atomic mass is 10.0. The predicted octanol–water partition coefficient (Wildman–Crippen LogP) is 3.65. The summed E-state index contributed by atoms with van der Waals surface area (Å²) >= 11 is 0. The van der Waals surface area contributed by atoms with Crippen LogP contribution in [0.3, 0.4) is 0 Å². The fraction of sp³-hybridized carbons (Fsp3) is 0.286. The van der Waals surface area contributed by atoms with E-state index in [0.29, 0.717) is 23.8 Å². The first-order valence-electron chi connectivity index (χ1n) is 8.40. The van der Waals surface area contributed by atoms with Crippen molar-refractivity contribution in [2.45, 2.75) is 12.8 Å². The van der Waals surface area contributed by atoms with Crippen molar-refractivity contribution in [1.29, 1.82) is 0 Å². The molecule has 2 aromatic rings. The van der Waals surface area contributed by atoms with Gasteiger partial charge in [0.05, 0.1) is 21.3 Å². The Morgan fingerprint density at radius 2 is 1.69 bits per heavy atom. The highest BCUT2D eigenvalue weighted by molar-refractivity contribution is 5.92. The number of hydrogen-bond acceptors (Lipinski definition) is 4. The van der Waals surface area contributed by atoms with Gasteiger partial charge in [0.15, 0.2) is 11.5 Å². The molecule has 0 saturated carbocycles. The molecule has 1 unspecified atom stereocenters. The number of amides is 1. The Morgan fingerprint density at radius 3 is 2.31 bits per heavy atom. The summed E-state index contributed by atoms with van der Waals surface area (Å²) < 4.78 is 16.0. The summed E-state index contributed by atoms with van der Waals surface area (Å²) in [5.74, 6) is 1.67. The van der Waals surface area contributed by atoms with E-state index in [-0.39, 0.29) is 11.8 Å². The molecule has 138 valence electrons. The number of nitrogens with one attached hydrogen (secondary N) is 1. The van der Waals surface area contributed by atoms with Crippen molar-refractivity contribution in [1.82, 2.24) is 5.32 Å². The van der Waals surface area contributed by atoms with E-state index in [9.17, 15) is 4.79 Å². The lowest BCUT2D eigenvalue weighted by molar-refractivity contribution is -0.116. The first-order valence-corrected chi connectivity index (χ1v) is 8.40. The average molecular weight is 355 g/mol. The third-order valence-electron chi connectivity index (χ3n) is 4.10. The van der Waals surface area contributed by atoms with Gasteiger partial charge in [0.1, 0.15) is 0 Å². The fourth-order valence-electron chi connectivity index (χ4n) is 2.63. The van der Waals surface area contributed by atoms with Gasteiger partial charge in [0.25, 0.3) is 0 Å². The fourth-order valence-corrected chi connectivity index (χ4v) is 2.63. The minimum absolute atomic E-state index is 0.162. The van der Waals surface area contributed by atoms with Gasteiger partial charge >= 0.3 is 0 Å². The Morgan fingerprint density at radius 1 is 1.00 bits per heavy atom. The zero-order chi connectivity index (χ0) is 18.9. The van der Waals surface area contributed by atoms with Crippen molar-refractivity contribution in [3.8, 4) is 17.2 Å². The largest absolute Gasteiger partial charge is 0.493 e. The molecule has 1 N–H and O–H groups in total. The van der Waals surface area contributed by atoms with Crippen LogP contribution in [0.4, 0.5) is 0 Å². The van der Waals surface area contributed by atoms with Crippen LogP contribution in [-0.4, -0.2) is 33.8 Å². The Bertz CT molecular complexity index is 756. The number of benzene rings is 2. The molecule has 0 aliphatic carbocycles. The lowest BCUT2D eigenvalue weighted by Crippen LogP contribution is -2.25. The summed E-state index contributed by atoms with van der Waals surface area (Å²) in [4.78, 5) is 12.1. The average Bonchev–Trinajstić information content (AvgIpc) is 2.69. The molecule has 0 radical (unpaired) electrons. The van der Waals surface area contributed by atoms with Crippen molar-refractivity contribution >= 4 is 12.0 Å². The van der Waals surface area contributed by atoms with Gasteiger partial charge in [-0.25, -0.2) is 0 Å². The summed E-state index contributed by atoms with van der Waals surface area (Å²) in [6.07, 6.45) is 3.19. The van der Waals surface area contributed by atoms with Crippen LogP contribution in [0.2, 0.25) is 0 Å². The summed E-state index contributed by atoms with van der Waals surface area (Å²) in [7, 11) is 4.66. The molecule has 0 fully saturated rings. The predicted molar refractivity (Wildman–Crippen MR) is 103 cm³/mol. The molecule has 0 aliphatic heterocycles. The van der Waals surface area contributed by atoms with E-state index in [1.165, 1.54) is 11.6 Å². The monoisotopic (exact) mass is 355 g/mol. The minimum atomic E-state index is -0.162. The zero-order valence-electron chi connectivity index (χ0n) is 15.6. The summed E-state index contributed by atoms with van der Waals surface area (Å²) in [5, 5.41) is 2.92. The first-order chi connectivity index (χ1) is 12.6. The Hall–Kier alpha value is -2.95. The van der Waals surface area contributed by atoms with Crippen LogP contribution in [0.25, 0.3) is 6.08 Å². The van der Waals surface area contributed by atoms with Gasteiger partial charge < -0.3 is 19.5 Å². The second-order valence-electron chi connectivity index (χ2n) is 5.81. The number of carbonyl (C=O) groups excluding carboxylic acids is 1. The molecule has 5 nitrogen and oxygen atoms in total. The molecule has 0 heterocycles. The number of hydrogen-bond donors (Lipinski definition) is 1. The highest BCUT2D eigenvalue weighted by atomic mass is 16.5. The van der Waals surface area contributed by atoms with E-state index in [0.717, 1.165) is 5.56 Å². The Labute approximate surface area is 154 Å². The second kappa shape index (κ2) is 9.51. The molecule has 5 heteroatoms. The van der Waals surface area contributed by atoms with Gasteiger partial charge in [-0.3, -0.25) is 4.79 Å². The van der Waals surface area contributed by atoms with Crippen molar-refractivity contribution in [2.24, 2.45) is 0 Å². The molecular formula is C21H25NO4. The lowest BCUT2D eigenvalue weighted by Gasteiger charge is -2.14. The molecule has 0 aromatic heterocycles. The maximum absolute atomic E-state index is 12.1. The van der Waals surface area contributed by atoms with Gasteiger partial charge in [-0.15, -0.1) is 0 Å². The van der Waals surface area contributed by atoms with E-state index >= 15 is 0 Å². The molecule has 0 bridgehead atoms. The smallest absolute Gasteiger partial charge is 0.244 e. The molecule has 1 amide bonds. The number of methoxy groups -OCH3 is 3. The quantitative estimate of drug-likeness (QED) is 0.735. The second-order valence-corrected chi connectivity index (χ2v) is 5.81. The van der Waals surface area contributed by atoms with Crippen molar-refractivity contribution in [2.75, 3.05) is 27.9 Å². The first kappa shape index (κ1) is 19.4. The highest BCUT2D eigenvalue weighted by Gasteiger charge is 2.14. The minimum Gasteiger partial charge on any atom is -0.493 e. The van der Waals surface area contributed by atoms with E-state index < -0.39 is 0 Å². The van der Waals surface area contributed by atoms with E-state index in [1.807, 2.05) is 24.3 Å². The molecule has 26 heavy (non-hydrogen) atoms. The van der Waals surface area contributed by atoms with Crippen LogP contribution in [0.1, 0.15) is 24.0 Å². The topological polar surface area (TPSA) is 56.8 Å². The van der Waals surface area contributed by atoms with Crippen molar-refractivity contribution < 1.29 is 19.0 Å². The van der Waals surface area contributed by atoms with Crippen LogP contribution in [-0.2, 0) is 4.79 Å². The van der Waals surface area contributed by atoms with Crippen LogP contribution in [0.5, 0.6) is 17.2 Å². The van der Waals surface area contributed by atoms with Crippen LogP contribution < -0.4 is 19.5 Å². The highest BCUT2D eigenvalue weighted by Crippen LogP contribution is 2.40. The van der Waals surface area contributed by atoms with Crippen LogP contribution >= 0.6 is 0 Å². The SMILES string of the molecule is COc1ccc(/C=C/C(=O)NCC(C)c2ccccc2)c(OC)c1OC. The Balaban J connectivity index is 2.04. The van der Waals surface area contributed by atoms with E-state index in [2.05, 4.69) is 24.4 Å². The third-order valence-corrected chi connectivity index (χ3v) is 4.10. The molecule has 2 aromatic carbocycles. The number of carbonyl (C=O) groups is 1. The van der Waals surface area contributed by atoms with Gasteiger partial charge in [-0.1, -0.05) is 37.3 Å². The summed E-state index contributed by atoms with van der Waals surface area (Å²) in [5.41, 5.74) is 1.93. The van der Waals surface area contributed by atoms with Crippen molar-refractivity contribution in [3.05, 3.63) is 59.7 Å². The molecule has 0 spiro atoms. The molecule has 1 atom stereocenters. The summed E-state index contributed by atoms with van der Waals surface area (Å²) in [6, 6.07) is 13.7. The van der Waals surface area contributed by atoms with Crippen LogP contribution in [0.15, 0.2) is 48.5 Å². The van der Waals surface area contributed by atoms with Crippen LogP contribution in [0, 0.1) is 0 Å². The van der Waals surface area contributed by atoms with Gasteiger partial charge in [-0.05, 0) is 29.7 Å². The standard InChI is InChI=1S/C21H25NO4/c1-15(16-8-6-5-7-9-16)14-22-19(23)13-11-17-10-12-18(24-2)21(26-4)20(17)25-3/h5-13,15H,14H2,1-4H3,(H,22,23)/b13-11+. The third kappa shape index (κ3) is 4.79.